The number of aromatic hydroxyl groups is 1. The minimum absolute atomic E-state index is 0.137. The lowest BCUT2D eigenvalue weighted by Crippen LogP contribution is -2.04. The quantitative estimate of drug-likeness (QED) is 0.847. The molecule has 110 valence electrons. The van der Waals surface area contributed by atoms with Gasteiger partial charge in [-0.05, 0) is 50.2 Å². The number of phenolic OH excluding ortho intramolecular Hbond substituents is 1. The maximum Gasteiger partial charge on any atom is 0.128 e. The summed E-state index contributed by atoms with van der Waals surface area (Å²) in [5, 5.41) is 9.85. The molecule has 0 atom stereocenters. The second-order valence-corrected chi connectivity index (χ2v) is 4.84. The molecule has 0 aliphatic rings. The third-order valence-corrected chi connectivity index (χ3v) is 2.80. The number of benzene rings is 2. The van der Waals surface area contributed by atoms with Gasteiger partial charge in [-0.25, -0.2) is 0 Å². The Morgan fingerprint density at radius 1 is 1.05 bits per heavy atom. The van der Waals surface area contributed by atoms with Gasteiger partial charge in [-0.15, -0.1) is 0 Å². The fraction of sp³-hybridized carbons (Fsp3) is 0.235. The summed E-state index contributed by atoms with van der Waals surface area (Å²) in [6, 6.07) is 12.6. The molecule has 2 rings (SSSR count). The van der Waals surface area contributed by atoms with Crippen molar-refractivity contribution in [3.63, 3.8) is 0 Å². The molecule has 0 radical (unpaired) electrons. The van der Waals surface area contributed by atoms with E-state index in [9.17, 15) is 5.11 Å². The van der Waals surface area contributed by atoms with Crippen LogP contribution in [0.1, 0.15) is 19.4 Å². The van der Waals surface area contributed by atoms with Crippen molar-refractivity contribution in [2.75, 3.05) is 7.11 Å². The second-order valence-electron chi connectivity index (χ2n) is 4.84. The van der Waals surface area contributed by atoms with Crippen LogP contribution >= 0.6 is 0 Å². The number of hydrogen-bond acceptors (Lipinski definition) is 4. The maximum absolute atomic E-state index is 9.85. The van der Waals surface area contributed by atoms with E-state index in [4.69, 9.17) is 9.47 Å². The van der Waals surface area contributed by atoms with Crippen LogP contribution in [0.4, 0.5) is 5.69 Å². The minimum atomic E-state index is 0.137. The predicted octanol–water partition coefficient (Wildman–Crippen LogP) is 3.94. The van der Waals surface area contributed by atoms with Crippen molar-refractivity contribution in [1.29, 1.82) is 0 Å². The summed E-state index contributed by atoms with van der Waals surface area (Å²) in [5.41, 5.74) is 1.43. The summed E-state index contributed by atoms with van der Waals surface area (Å²) in [4.78, 5) is 4.33. The van der Waals surface area contributed by atoms with Gasteiger partial charge in [0.25, 0.3) is 0 Å². The lowest BCUT2D eigenvalue weighted by molar-refractivity contribution is 0.242. The Hall–Kier alpha value is -2.49. The van der Waals surface area contributed by atoms with Crippen LogP contribution in [-0.2, 0) is 0 Å². The normalized spacial score (nSPS) is 11.0. The summed E-state index contributed by atoms with van der Waals surface area (Å²) in [6.45, 7) is 3.97. The molecule has 0 heterocycles. The number of hydrogen-bond donors (Lipinski definition) is 1. The Morgan fingerprint density at radius 3 is 2.29 bits per heavy atom. The van der Waals surface area contributed by atoms with Gasteiger partial charge in [0.1, 0.15) is 17.2 Å². The zero-order valence-electron chi connectivity index (χ0n) is 12.4. The second kappa shape index (κ2) is 6.79. The van der Waals surface area contributed by atoms with Crippen LogP contribution in [0.5, 0.6) is 17.2 Å². The number of nitrogens with zero attached hydrogens (tertiary/aromatic N) is 1. The smallest absolute Gasteiger partial charge is 0.128 e. The van der Waals surface area contributed by atoms with Crippen molar-refractivity contribution >= 4 is 11.9 Å². The maximum atomic E-state index is 9.85. The van der Waals surface area contributed by atoms with Gasteiger partial charge >= 0.3 is 0 Å². The van der Waals surface area contributed by atoms with Crippen molar-refractivity contribution in [3.05, 3.63) is 48.0 Å². The Labute approximate surface area is 124 Å². The van der Waals surface area contributed by atoms with Crippen LogP contribution in [0.3, 0.4) is 0 Å². The molecule has 0 saturated heterocycles. The number of methoxy groups -OCH3 is 1. The average molecular weight is 285 g/mol. The zero-order chi connectivity index (χ0) is 15.2. The van der Waals surface area contributed by atoms with Crippen LogP contribution < -0.4 is 9.47 Å². The number of aliphatic imine (C=N–C) groups is 1. The summed E-state index contributed by atoms with van der Waals surface area (Å²) >= 11 is 0. The molecule has 2 aromatic carbocycles. The van der Waals surface area contributed by atoms with E-state index < -0.39 is 0 Å². The fourth-order valence-corrected chi connectivity index (χ4v) is 1.79. The van der Waals surface area contributed by atoms with E-state index >= 15 is 0 Å². The van der Waals surface area contributed by atoms with Crippen LogP contribution in [0.15, 0.2) is 47.5 Å². The van der Waals surface area contributed by atoms with E-state index in [1.807, 2.05) is 38.1 Å². The van der Waals surface area contributed by atoms with Crippen molar-refractivity contribution < 1.29 is 14.6 Å². The van der Waals surface area contributed by atoms with Crippen molar-refractivity contribution in [2.45, 2.75) is 20.0 Å². The molecule has 0 aliphatic heterocycles. The molecule has 0 aliphatic carbocycles. The Kier molecular flexibility index (Phi) is 4.82. The molecule has 0 bridgehead atoms. The van der Waals surface area contributed by atoms with Gasteiger partial charge in [0.2, 0.25) is 0 Å². The third-order valence-electron chi connectivity index (χ3n) is 2.80. The summed E-state index contributed by atoms with van der Waals surface area (Å²) in [7, 11) is 1.56. The molecule has 0 fully saturated rings. The predicted molar refractivity (Wildman–Crippen MR) is 84.1 cm³/mol. The van der Waals surface area contributed by atoms with Crippen LogP contribution in [-0.4, -0.2) is 24.5 Å². The third kappa shape index (κ3) is 4.24. The molecule has 4 nitrogen and oxygen atoms in total. The average Bonchev–Trinajstić information content (AvgIpc) is 2.47. The lowest BCUT2D eigenvalue weighted by atomic mass is 10.2. The first-order chi connectivity index (χ1) is 10.1. The Morgan fingerprint density at radius 2 is 1.71 bits per heavy atom. The molecular formula is C17H19NO3. The standard InChI is InChI=1S/C17H19NO3/c1-12(2)21-15-8-5-14(6-9-15)18-11-13-4-7-16(20-3)10-17(13)19/h4-12,19H,1-3H3. The van der Waals surface area contributed by atoms with E-state index in [0.29, 0.717) is 11.3 Å². The highest BCUT2D eigenvalue weighted by Gasteiger charge is 2.01. The van der Waals surface area contributed by atoms with Crippen molar-refractivity contribution in [3.8, 4) is 17.2 Å². The van der Waals surface area contributed by atoms with Gasteiger partial charge in [0.05, 0.1) is 18.9 Å². The molecule has 0 saturated carbocycles. The van der Waals surface area contributed by atoms with E-state index in [1.165, 1.54) is 0 Å². The topological polar surface area (TPSA) is 51.0 Å². The first-order valence-electron chi connectivity index (χ1n) is 6.76. The number of phenols is 1. The van der Waals surface area contributed by atoms with Crippen LogP contribution in [0.2, 0.25) is 0 Å². The van der Waals surface area contributed by atoms with Gasteiger partial charge in [0.15, 0.2) is 0 Å². The van der Waals surface area contributed by atoms with E-state index in [-0.39, 0.29) is 11.9 Å². The fourth-order valence-electron chi connectivity index (χ4n) is 1.79. The molecule has 0 unspecified atom stereocenters. The molecule has 2 aromatic rings. The molecule has 0 aromatic heterocycles. The van der Waals surface area contributed by atoms with Gasteiger partial charge in [-0.2, -0.15) is 0 Å². The minimum Gasteiger partial charge on any atom is -0.507 e. The van der Waals surface area contributed by atoms with Crippen LogP contribution in [0.25, 0.3) is 0 Å². The van der Waals surface area contributed by atoms with Gasteiger partial charge in [-0.3, -0.25) is 4.99 Å². The molecule has 0 spiro atoms. The van der Waals surface area contributed by atoms with E-state index in [1.54, 1.807) is 31.5 Å². The molecule has 0 amide bonds. The Balaban J connectivity index is 2.10. The SMILES string of the molecule is COc1ccc(C=Nc2ccc(OC(C)C)cc2)c(O)c1. The monoisotopic (exact) mass is 285 g/mol. The molecule has 21 heavy (non-hydrogen) atoms. The van der Waals surface area contributed by atoms with Crippen LogP contribution in [0, 0.1) is 0 Å². The highest BCUT2D eigenvalue weighted by molar-refractivity contribution is 5.85. The lowest BCUT2D eigenvalue weighted by Gasteiger charge is -2.09. The summed E-state index contributed by atoms with van der Waals surface area (Å²) in [6.07, 6.45) is 1.77. The number of ether oxygens (including phenoxy) is 2. The van der Waals surface area contributed by atoms with Crippen molar-refractivity contribution in [2.24, 2.45) is 4.99 Å². The zero-order valence-corrected chi connectivity index (χ0v) is 12.4. The molecule has 1 N–H and O–H groups in total. The van der Waals surface area contributed by atoms with Crippen molar-refractivity contribution in [1.82, 2.24) is 0 Å². The summed E-state index contributed by atoms with van der Waals surface area (Å²) in [5.74, 6) is 1.56. The first kappa shape index (κ1) is 14.9. The van der Waals surface area contributed by atoms with E-state index in [0.717, 1.165) is 11.4 Å². The number of rotatable bonds is 5. The molecule has 4 heteroatoms. The highest BCUT2D eigenvalue weighted by Crippen LogP contribution is 2.23. The van der Waals surface area contributed by atoms with Gasteiger partial charge in [0, 0.05) is 17.8 Å². The Bertz CT molecular complexity index is 618. The largest absolute Gasteiger partial charge is 0.507 e. The summed E-state index contributed by atoms with van der Waals surface area (Å²) < 4.78 is 10.6. The van der Waals surface area contributed by atoms with Gasteiger partial charge < -0.3 is 14.6 Å². The highest BCUT2D eigenvalue weighted by atomic mass is 16.5. The first-order valence-corrected chi connectivity index (χ1v) is 6.76. The van der Waals surface area contributed by atoms with Gasteiger partial charge in [-0.1, -0.05) is 0 Å². The molecular weight excluding hydrogens is 266 g/mol. The van der Waals surface area contributed by atoms with E-state index in [2.05, 4.69) is 4.99 Å².